The van der Waals surface area contributed by atoms with Crippen molar-refractivity contribution in [2.45, 2.75) is 20.8 Å². The number of hydrogen-bond acceptors (Lipinski definition) is 2. The Morgan fingerprint density at radius 1 is 0.750 bits per heavy atom. The first kappa shape index (κ1) is 12.6. The predicted octanol–water partition coefficient (Wildman–Crippen LogP) is 3.41. The Kier molecular flexibility index (Phi) is 2.71. The van der Waals surface area contributed by atoms with Crippen molar-refractivity contribution >= 4 is 17.5 Å². The Labute approximate surface area is 117 Å². The maximum Gasteiger partial charge on any atom is 0.266 e. The van der Waals surface area contributed by atoms with Gasteiger partial charge in [-0.25, -0.2) is 4.90 Å². The van der Waals surface area contributed by atoms with E-state index >= 15 is 0 Å². The smallest absolute Gasteiger partial charge is 0.266 e. The molecule has 0 saturated carbocycles. The molecule has 3 nitrogen and oxygen atoms in total. The summed E-state index contributed by atoms with van der Waals surface area (Å²) in [5.74, 6) is -0.478. The molecule has 2 aromatic carbocycles. The molecule has 0 bridgehead atoms. The van der Waals surface area contributed by atoms with Gasteiger partial charge in [-0.3, -0.25) is 9.59 Å². The molecule has 3 heteroatoms. The van der Waals surface area contributed by atoms with Crippen LogP contribution in [-0.4, -0.2) is 11.8 Å². The van der Waals surface area contributed by atoms with Crippen LogP contribution in [0.4, 0.5) is 5.69 Å². The lowest BCUT2D eigenvalue weighted by atomic mass is 10.0. The maximum absolute atomic E-state index is 12.5. The third-order valence-electron chi connectivity index (χ3n) is 3.85. The molecule has 0 atom stereocenters. The maximum atomic E-state index is 12.5. The van der Waals surface area contributed by atoms with Gasteiger partial charge in [0.05, 0.1) is 16.8 Å². The summed E-state index contributed by atoms with van der Waals surface area (Å²) in [4.78, 5) is 26.2. The van der Waals surface area contributed by atoms with Gasteiger partial charge in [-0.15, -0.1) is 0 Å². The Bertz CT molecular complexity index is 712. The van der Waals surface area contributed by atoms with Crippen LogP contribution in [0.3, 0.4) is 0 Å². The monoisotopic (exact) mass is 265 g/mol. The summed E-state index contributed by atoms with van der Waals surface area (Å²) in [5.41, 5.74) is 4.80. The summed E-state index contributed by atoms with van der Waals surface area (Å²) in [6.45, 7) is 5.93. The second kappa shape index (κ2) is 4.30. The predicted molar refractivity (Wildman–Crippen MR) is 78.2 cm³/mol. The molecule has 0 N–H and O–H groups in total. The molecule has 0 fully saturated rings. The van der Waals surface area contributed by atoms with E-state index in [9.17, 15) is 9.59 Å². The molecule has 0 unspecified atom stereocenters. The number of carbonyl (C=O) groups excluding carboxylic acids is 2. The fourth-order valence-corrected chi connectivity index (χ4v) is 2.59. The molecule has 0 aliphatic carbocycles. The molecule has 3 rings (SSSR count). The summed E-state index contributed by atoms with van der Waals surface area (Å²) in [7, 11) is 0. The number of rotatable bonds is 1. The molecule has 1 aliphatic heterocycles. The average molecular weight is 265 g/mol. The first-order valence-electron chi connectivity index (χ1n) is 6.56. The highest BCUT2D eigenvalue weighted by molar-refractivity contribution is 6.34. The van der Waals surface area contributed by atoms with Gasteiger partial charge >= 0.3 is 0 Å². The fraction of sp³-hybridized carbons (Fsp3) is 0.176. The summed E-state index contributed by atoms with van der Waals surface area (Å²) in [6.07, 6.45) is 0. The number of imide groups is 1. The van der Waals surface area contributed by atoms with Crippen LogP contribution in [-0.2, 0) is 0 Å². The van der Waals surface area contributed by atoms with E-state index in [1.54, 1.807) is 24.3 Å². The lowest BCUT2D eigenvalue weighted by molar-refractivity contribution is 0.0926. The highest BCUT2D eigenvalue weighted by Crippen LogP contribution is 2.31. The van der Waals surface area contributed by atoms with Crippen molar-refractivity contribution in [2.75, 3.05) is 4.90 Å². The van der Waals surface area contributed by atoms with E-state index in [4.69, 9.17) is 0 Å². The first-order valence-corrected chi connectivity index (χ1v) is 6.56. The second-order valence-corrected chi connectivity index (χ2v) is 5.21. The van der Waals surface area contributed by atoms with Crippen LogP contribution in [0, 0.1) is 20.8 Å². The van der Waals surface area contributed by atoms with E-state index in [0.29, 0.717) is 16.8 Å². The molecule has 0 aromatic heterocycles. The number of amides is 2. The molecule has 1 aliphatic rings. The van der Waals surface area contributed by atoms with Gasteiger partial charge in [0.1, 0.15) is 0 Å². The average Bonchev–Trinajstić information content (AvgIpc) is 2.68. The normalized spacial score (nSPS) is 13.8. The van der Waals surface area contributed by atoms with Gasteiger partial charge in [0.2, 0.25) is 0 Å². The number of nitrogens with zero attached hydrogens (tertiary/aromatic N) is 1. The van der Waals surface area contributed by atoms with E-state index in [0.717, 1.165) is 16.7 Å². The zero-order chi connectivity index (χ0) is 14.4. The van der Waals surface area contributed by atoms with Gasteiger partial charge < -0.3 is 0 Å². The van der Waals surface area contributed by atoms with Crippen molar-refractivity contribution in [2.24, 2.45) is 0 Å². The Morgan fingerprint density at radius 3 is 1.80 bits per heavy atom. The highest BCUT2D eigenvalue weighted by atomic mass is 16.2. The zero-order valence-electron chi connectivity index (χ0n) is 11.7. The molecule has 20 heavy (non-hydrogen) atoms. The van der Waals surface area contributed by atoms with Gasteiger partial charge in [-0.1, -0.05) is 18.2 Å². The van der Waals surface area contributed by atoms with Crippen molar-refractivity contribution in [3.8, 4) is 0 Å². The minimum atomic E-state index is -0.239. The molecule has 2 amide bonds. The molecule has 0 saturated heterocycles. The van der Waals surface area contributed by atoms with Gasteiger partial charge in [-0.05, 0) is 55.7 Å². The third kappa shape index (κ3) is 1.67. The van der Waals surface area contributed by atoms with Crippen molar-refractivity contribution in [3.05, 3.63) is 64.2 Å². The van der Waals surface area contributed by atoms with Crippen molar-refractivity contribution < 1.29 is 9.59 Å². The van der Waals surface area contributed by atoms with Crippen LogP contribution >= 0.6 is 0 Å². The molecular weight excluding hydrogens is 250 g/mol. The van der Waals surface area contributed by atoms with Crippen LogP contribution in [0.25, 0.3) is 0 Å². The summed E-state index contributed by atoms with van der Waals surface area (Å²) < 4.78 is 0. The van der Waals surface area contributed by atoms with E-state index in [-0.39, 0.29) is 11.8 Å². The molecule has 0 radical (unpaired) electrons. The van der Waals surface area contributed by atoms with Gasteiger partial charge in [0.25, 0.3) is 11.8 Å². The van der Waals surface area contributed by atoms with E-state index in [2.05, 4.69) is 0 Å². The van der Waals surface area contributed by atoms with Crippen LogP contribution in [0.1, 0.15) is 37.4 Å². The lowest BCUT2D eigenvalue weighted by Gasteiger charge is -2.18. The number of hydrogen-bond donors (Lipinski definition) is 0. The lowest BCUT2D eigenvalue weighted by Crippen LogP contribution is -2.30. The molecule has 100 valence electrons. The number of fused-ring (bicyclic) bond motifs is 1. The highest BCUT2D eigenvalue weighted by Gasteiger charge is 2.36. The second-order valence-electron chi connectivity index (χ2n) is 5.21. The van der Waals surface area contributed by atoms with Gasteiger partial charge in [-0.2, -0.15) is 0 Å². The molecule has 0 spiro atoms. The van der Waals surface area contributed by atoms with E-state index in [1.807, 2.05) is 32.9 Å². The van der Waals surface area contributed by atoms with E-state index < -0.39 is 0 Å². The number of aryl methyl sites for hydroxylation is 3. The van der Waals surface area contributed by atoms with Crippen LogP contribution in [0.2, 0.25) is 0 Å². The molecule has 2 aromatic rings. The standard InChI is InChI=1S/C17H15NO2/c1-10-8-12(3)15(9-11(10)2)18-16(19)13-6-4-5-7-14(13)17(18)20/h4-9H,1-3H3. The van der Waals surface area contributed by atoms with Crippen LogP contribution in [0.15, 0.2) is 36.4 Å². The third-order valence-corrected chi connectivity index (χ3v) is 3.85. The van der Waals surface area contributed by atoms with Crippen LogP contribution in [0.5, 0.6) is 0 Å². The summed E-state index contributed by atoms with van der Waals surface area (Å²) in [5, 5.41) is 0. The van der Waals surface area contributed by atoms with Crippen molar-refractivity contribution in [1.29, 1.82) is 0 Å². The quantitative estimate of drug-likeness (QED) is 0.741. The minimum absolute atomic E-state index is 0.239. The largest absolute Gasteiger partial charge is 0.268 e. The Hall–Kier alpha value is -2.42. The SMILES string of the molecule is Cc1cc(C)c(N2C(=O)c3ccccc3C2=O)cc1C. The number of carbonyl (C=O) groups is 2. The van der Waals surface area contributed by atoms with Crippen molar-refractivity contribution in [3.63, 3.8) is 0 Å². The van der Waals surface area contributed by atoms with Crippen molar-refractivity contribution in [1.82, 2.24) is 0 Å². The van der Waals surface area contributed by atoms with Gasteiger partial charge in [0, 0.05) is 0 Å². The number of anilines is 1. The summed E-state index contributed by atoms with van der Waals surface area (Å²) >= 11 is 0. The van der Waals surface area contributed by atoms with Crippen LogP contribution < -0.4 is 4.90 Å². The first-order chi connectivity index (χ1) is 9.50. The Morgan fingerprint density at radius 2 is 1.25 bits per heavy atom. The topological polar surface area (TPSA) is 37.4 Å². The zero-order valence-corrected chi connectivity index (χ0v) is 11.7. The number of benzene rings is 2. The summed E-state index contributed by atoms with van der Waals surface area (Å²) in [6, 6.07) is 10.9. The molecule has 1 heterocycles. The van der Waals surface area contributed by atoms with Gasteiger partial charge in [0.15, 0.2) is 0 Å². The Balaban J connectivity index is 2.17. The van der Waals surface area contributed by atoms with E-state index in [1.165, 1.54) is 4.90 Å². The molecular formula is C17H15NO2. The fourth-order valence-electron chi connectivity index (χ4n) is 2.59. The minimum Gasteiger partial charge on any atom is -0.268 e.